The molecule has 0 bridgehead atoms. The molecule has 0 radical (unpaired) electrons. The van der Waals surface area contributed by atoms with Crippen molar-refractivity contribution in [2.24, 2.45) is 0 Å². The summed E-state index contributed by atoms with van der Waals surface area (Å²) in [5.41, 5.74) is 0.931. The van der Waals surface area contributed by atoms with Crippen LogP contribution in [0.3, 0.4) is 0 Å². The summed E-state index contributed by atoms with van der Waals surface area (Å²) in [5.74, 6) is -0.591. The van der Waals surface area contributed by atoms with Gasteiger partial charge in [0.05, 0.1) is 10.4 Å². The number of rotatable bonds is 5. The van der Waals surface area contributed by atoms with Gasteiger partial charge in [-0.05, 0) is 55.0 Å². The maximum Gasteiger partial charge on any atom is 0.336 e. The first-order valence-electron chi connectivity index (χ1n) is 9.55. The van der Waals surface area contributed by atoms with Crippen LogP contribution in [0.15, 0.2) is 82.2 Å². The SMILES string of the molecule is Cc1cccc(Oc2coc3cc(OC(=O)C=Cc4c(F)cccc4Cl)ccc3c2=O)c1. The first-order valence-corrected chi connectivity index (χ1v) is 9.92. The fourth-order valence-corrected chi connectivity index (χ4v) is 3.23. The lowest BCUT2D eigenvalue weighted by Crippen LogP contribution is -2.06. The van der Waals surface area contributed by atoms with Crippen LogP contribution in [0.2, 0.25) is 5.02 Å². The van der Waals surface area contributed by atoms with Gasteiger partial charge < -0.3 is 13.9 Å². The zero-order chi connectivity index (χ0) is 22.7. The molecular formula is C25H16ClFO5. The van der Waals surface area contributed by atoms with E-state index in [1.54, 1.807) is 12.1 Å². The molecule has 0 unspecified atom stereocenters. The fourth-order valence-electron chi connectivity index (χ4n) is 3.00. The minimum absolute atomic E-state index is 0.0394. The predicted octanol–water partition coefficient (Wildman–Crippen LogP) is 6.31. The van der Waals surface area contributed by atoms with Crippen LogP contribution in [0.4, 0.5) is 4.39 Å². The molecule has 5 nitrogen and oxygen atoms in total. The average molecular weight is 451 g/mol. The molecule has 7 heteroatoms. The highest BCUT2D eigenvalue weighted by molar-refractivity contribution is 6.32. The second-order valence-corrected chi connectivity index (χ2v) is 7.30. The number of esters is 1. The van der Waals surface area contributed by atoms with Gasteiger partial charge in [-0.2, -0.15) is 0 Å². The zero-order valence-electron chi connectivity index (χ0n) is 16.8. The monoisotopic (exact) mass is 450 g/mol. The van der Waals surface area contributed by atoms with E-state index in [1.807, 2.05) is 19.1 Å². The van der Waals surface area contributed by atoms with Gasteiger partial charge in [-0.1, -0.05) is 29.8 Å². The largest absolute Gasteiger partial charge is 0.460 e. The normalized spacial score (nSPS) is 11.1. The van der Waals surface area contributed by atoms with Crippen LogP contribution in [-0.2, 0) is 4.79 Å². The fraction of sp³-hybridized carbons (Fsp3) is 0.0400. The molecular weight excluding hydrogens is 435 g/mol. The lowest BCUT2D eigenvalue weighted by atomic mass is 10.2. The van der Waals surface area contributed by atoms with Gasteiger partial charge in [-0.15, -0.1) is 0 Å². The Balaban J connectivity index is 1.53. The predicted molar refractivity (Wildman–Crippen MR) is 120 cm³/mol. The van der Waals surface area contributed by atoms with Crippen LogP contribution in [0.25, 0.3) is 17.0 Å². The van der Waals surface area contributed by atoms with E-state index in [2.05, 4.69) is 0 Å². The number of carbonyl (C=O) groups is 1. The Hall–Kier alpha value is -3.90. The molecule has 0 amide bonds. The van der Waals surface area contributed by atoms with Gasteiger partial charge in [-0.25, -0.2) is 9.18 Å². The van der Waals surface area contributed by atoms with Crippen molar-refractivity contribution in [2.45, 2.75) is 6.92 Å². The Morgan fingerprint density at radius 1 is 1.06 bits per heavy atom. The summed E-state index contributed by atoms with van der Waals surface area (Å²) in [6.45, 7) is 1.92. The molecule has 1 aromatic heterocycles. The van der Waals surface area contributed by atoms with E-state index in [4.69, 9.17) is 25.5 Å². The zero-order valence-corrected chi connectivity index (χ0v) is 17.6. The highest BCUT2D eigenvalue weighted by atomic mass is 35.5. The van der Waals surface area contributed by atoms with Crippen LogP contribution in [0.1, 0.15) is 11.1 Å². The summed E-state index contributed by atoms with van der Waals surface area (Å²) in [4.78, 5) is 24.8. The van der Waals surface area contributed by atoms with Crippen molar-refractivity contribution < 1.29 is 23.1 Å². The Morgan fingerprint density at radius 2 is 1.88 bits per heavy atom. The van der Waals surface area contributed by atoms with E-state index in [9.17, 15) is 14.0 Å². The number of aryl methyl sites for hydroxylation is 1. The summed E-state index contributed by atoms with van der Waals surface area (Å²) < 4.78 is 30.2. The topological polar surface area (TPSA) is 65.7 Å². The summed E-state index contributed by atoms with van der Waals surface area (Å²) in [7, 11) is 0. The van der Waals surface area contributed by atoms with Gasteiger partial charge in [0.25, 0.3) is 0 Å². The lowest BCUT2D eigenvalue weighted by Gasteiger charge is -2.07. The summed E-state index contributed by atoms with van der Waals surface area (Å²) in [6, 6.07) is 15.8. The molecule has 0 aliphatic carbocycles. The summed E-state index contributed by atoms with van der Waals surface area (Å²) in [5, 5.41) is 0.439. The highest BCUT2D eigenvalue weighted by Gasteiger charge is 2.12. The molecule has 4 rings (SSSR count). The number of halogens is 2. The van der Waals surface area contributed by atoms with Crippen molar-refractivity contribution in [1.82, 2.24) is 0 Å². The molecule has 0 atom stereocenters. The lowest BCUT2D eigenvalue weighted by molar-refractivity contribution is -0.128. The van der Waals surface area contributed by atoms with Crippen molar-refractivity contribution in [3.63, 3.8) is 0 Å². The second-order valence-electron chi connectivity index (χ2n) is 6.90. The highest BCUT2D eigenvalue weighted by Crippen LogP contribution is 2.25. The van der Waals surface area contributed by atoms with Crippen LogP contribution in [-0.4, -0.2) is 5.97 Å². The minimum atomic E-state index is -0.745. The quantitative estimate of drug-likeness (QED) is 0.202. The van der Waals surface area contributed by atoms with Crippen LogP contribution >= 0.6 is 11.6 Å². The molecule has 0 aliphatic heterocycles. The number of fused-ring (bicyclic) bond motifs is 1. The third kappa shape index (κ3) is 4.71. The molecule has 32 heavy (non-hydrogen) atoms. The van der Waals surface area contributed by atoms with Gasteiger partial charge in [0.2, 0.25) is 11.2 Å². The van der Waals surface area contributed by atoms with Crippen molar-refractivity contribution in [2.75, 3.05) is 0 Å². The minimum Gasteiger partial charge on any atom is -0.460 e. The van der Waals surface area contributed by atoms with Crippen LogP contribution in [0.5, 0.6) is 17.2 Å². The Kier molecular flexibility index (Phi) is 6.05. The smallest absolute Gasteiger partial charge is 0.336 e. The summed E-state index contributed by atoms with van der Waals surface area (Å²) in [6.07, 6.45) is 3.50. The van der Waals surface area contributed by atoms with Crippen LogP contribution in [0, 0.1) is 12.7 Å². The molecule has 0 spiro atoms. The number of hydrogen-bond donors (Lipinski definition) is 0. The Bertz CT molecular complexity index is 1390. The first-order chi connectivity index (χ1) is 15.4. The van der Waals surface area contributed by atoms with Gasteiger partial charge in [0.15, 0.2) is 0 Å². The molecule has 160 valence electrons. The number of benzene rings is 3. The molecule has 0 N–H and O–H groups in total. The van der Waals surface area contributed by atoms with Gasteiger partial charge in [0, 0.05) is 17.7 Å². The van der Waals surface area contributed by atoms with E-state index in [-0.39, 0.29) is 38.5 Å². The molecule has 0 saturated heterocycles. The Labute approximate surface area is 187 Å². The molecule has 0 fully saturated rings. The number of carbonyl (C=O) groups excluding carboxylic acids is 1. The standard InChI is InChI=1S/C25H16ClFO5/c1-15-4-2-5-16(12-15)31-23-14-30-22-13-17(8-9-19(22)25(23)29)32-24(28)11-10-18-20(26)6-3-7-21(18)27/h2-14H,1H3. The third-order valence-corrected chi connectivity index (χ3v) is 4.87. The molecule has 0 saturated carbocycles. The number of hydrogen-bond acceptors (Lipinski definition) is 5. The van der Waals surface area contributed by atoms with Crippen molar-refractivity contribution >= 4 is 34.6 Å². The summed E-state index contributed by atoms with van der Waals surface area (Å²) >= 11 is 5.93. The van der Waals surface area contributed by atoms with E-state index in [0.29, 0.717) is 5.75 Å². The molecule has 1 heterocycles. The second kappa shape index (κ2) is 9.08. The van der Waals surface area contributed by atoms with Gasteiger partial charge >= 0.3 is 5.97 Å². The van der Waals surface area contributed by atoms with Gasteiger partial charge in [-0.3, -0.25) is 4.79 Å². The number of ether oxygens (including phenoxy) is 2. The van der Waals surface area contributed by atoms with E-state index < -0.39 is 11.8 Å². The first kappa shape index (κ1) is 21.3. The van der Waals surface area contributed by atoms with Crippen molar-refractivity contribution in [3.8, 4) is 17.2 Å². The van der Waals surface area contributed by atoms with Crippen molar-refractivity contribution in [1.29, 1.82) is 0 Å². The molecule has 0 aliphatic rings. The molecule has 3 aromatic carbocycles. The molecule has 4 aromatic rings. The Morgan fingerprint density at radius 3 is 2.66 bits per heavy atom. The van der Waals surface area contributed by atoms with Gasteiger partial charge in [0.1, 0.15) is 29.2 Å². The van der Waals surface area contributed by atoms with Crippen LogP contribution < -0.4 is 14.9 Å². The third-order valence-electron chi connectivity index (χ3n) is 4.54. The average Bonchev–Trinajstić information content (AvgIpc) is 2.75. The van der Waals surface area contributed by atoms with Crippen molar-refractivity contribution in [3.05, 3.63) is 105 Å². The van der Waals surface area contributed by atoms with E-state index in [0.717, 1.165) is 11.6 Å². The maximum atomic E-state index is 13.8. The maximum absolute atomic E-state index is 13.8. The van der Waals surface area contributed by atoms with E-state index in [1.165, 1.54) is 48.7 Å². The van der Waals surface area contributed by atoms with E-state index >= 15 is 0 Å².